The number of piperazine rings is 1. The molecule has 1 aliphatic carbocycles. The normalized spacial score (nSPS) is 44.2. The highest BCUT2D eigenvalue weighted by Gasteiger charge is 2.34. The first-order valence-corrected chi connectivity index (χ1v) is 7.65. The van der Waals surface area contributed by atoms with Crippen molar-refractivity contribution in [1.82, 2.24) is 9.80 Å². The Morgan fingerprint density at radius 3 is 2.44 bits per heavy atom. The van der Waals surface area contributed by atoms with Crippen molar-refractivity contribution in [2.45, 2.75) is 45.7 Å². The third-order valence-electron chi connectivity index (χ3n) is 5.14. The van der Waals surface area contributed by atoms with Crippen molar-refractivity contribution in [2.24, 2.45) is 23.5 Å². The second-order valence-electron chi connectivity index (χ2n) is 6.99. The Balaban J connectivity index is 1.92. The molecule has 0 aromatic rings. The van der Waals surface area contributed by atoms with Gasteiger partial charge in [0.1, 0.15) is 0 Å². The third kappa shape index (κ3) is 3.25. The van der Waals surface area contributed by atoms with E-state index >= 15 is 0 Å². The topological polar surface area (TPSA) is 32.5 Å². The van der Waals surface area contributed by atoms with E-state index in [1.807, 2.05) is 0 Å². The maximum Gasteiger partial charge on any atom is 0.0195 e. The lowest BCUT2D eigenvalue weighted by Crippen LogP contribution is -2.55. The highest BCUT2D eigenvalue weighted by Crippen LogP contribution is 2.33. The first kappa shape index (κ1) is 14.3. The van der Waals surface area contributed by atoms with Crippen LogP contribution in [0.25, 0.3) is 0 Å². The van der Waals surface area contributed by atoms with Crippen molar-refractivity contribution in [3.63, 3.8) is 0 Å². The lowest BCUT2D eigenvalue weighted by atomic mass is 9.72. The Morgan fingerprint density at radius 2 is 1.83 bits per heavy atom. The maximum absolute atomic E-state index is 6.41. The van der Waals surface area contributed by atoms with Gasteiger partial charge in [0, 0.05) is 38.3 Å². The van der Waals surface area contributed by atoms with Gasteiger partial charge in [0.25, 0.3) is 0 Å². The first-order valence-electron chi connectivity index (χ1n) is 7.65. The molecule has 5 unspecified atom stereocenters. The van der Waals surface area contributed by atoms with Crippen LogP contribution in [0.1, 0.15) is 33.6 Å². The molecule has 5 atom stereocenters. The molecule has 18 heavy (non-hydrogen) atoms. The van der Waals surface area contributed by atoms with Gasteiger partial charge in [-0.2, -0.15) is 0 Å². The molecule has 2 aliphatic rings. The molecule has 1 heterocycles. The molecule has 2 fully saturated rings. The molecule has 0 radical (unpaired) electrons. The summed E-state index contributed by atoms with van der Waals surface area (Å²) in [5, 5.41) is 0. The minimum absolute atomic E-state index is 0.413. The number of likely N-dealkylation sites (N-methyl/N-ethyl adjacent to an activating group) is 1. The summed E-state index contributed by atoms with van der Waals surface area (Å²) in [7, 11) is 2.23. The fraction of sp³-hybridized carbons (Fsp3) is 1.00. The van der Waals surface area contributed by atoms with Crippen LogP contribution < -0.4 is 5.73 Å². The summed E-state index contributed by atoms with van der Waals surface area (Å²) in [6, 6.07) is 1.10. The summed E-state index contributed by atoms with van der Waals surface area (Å²) >= 11 is 0. The molecule has 1 saturated carbocycles. The molecule has 0 aromatic carbocycles. The van der Waals surface area contributed by atoms with Crippen LogP contribution in [-0.4, -0.2) is 55.1 Å². The van der Waals surface area contributed by atoms with Crippen molar-refractivity contribution in [2.75, 3.05) is 33.2 Å². The van der Waals surface area contributed by atoms with E-state index < -0.39 is 0 Å². The van der Waals surface area contributed by atoms with Gasteiger partial charge in [0.05, 0.1) is 0 Å². The van der Waals surface area contributed by atoms with E-state index in [0.717, 1.165) is 11.8 Å². The highest BCUT2D eigenvalue weighted by molar-refractivity contribution is 4.89. The van der Waals surface area contributed by atoms with Crippen LogP contribution >= 0.6 is 0 Å². The average Bonchev–Trinajstić information content (AvgIpc) is 2.25. The zero-order chi connectivity index (χ0) is 13.3. The van der Waals surface area contributed by atoms with Gasteiger partial charge >= 0.3 is 0 Å². The number of hydrogen-bond acceptors (Lipinski definition) is 3. The van der Waals surface area contributed by atoms with Gasteiger partial charge in [-0.15, -0.1) is 0 Å². The monoisotopic (exact) mass is 253 g/mol. The Hall–Kier alpha value is -0.120. The number of nitrogens with zero attached hydrogens (tertiary/aromatic N) is 2. The zero-order valence-electron chi connectivity index (χ0n) is 12.6. The summed E-state index contributed by atoms with van der Waals surface area (Å²) in [6.07, 6.45) is 2.58. The molecular formula is C15H31N3. The van der Waals surface area contributed by atoms with Crippen LogP contribution in [0, 0.1) is 17.8 Å². The quantitative estimate of drug-likeness (QED) is 0.812. The lowest BCUT2D eigenvalue weighted by Gasteiger charge is -2.44. The average molecular weight is 253 g/mol. The summed E-state index contributed by atoms with van der Waals surface area (Å²) in [6.45, 7) is 11.9. The molecule has 1 aliphatic heterocycles. The molecule has 3 nitrogen and oxygen atoms in total. The van der Waals surface area contributed by atoms with Crippen LogP contribution in [0.3, 0.4) is 0 Å². The maximum atomic E-state index is 6.41. The third-order valence-corrected chi connectivity index (χ3v) is 5.14. The fourth-order valence-corrected chi connectivity index (χ4v) is 4.00. The van der Waals surface area contributed by atoms with Crippen LogP contribution in [0.15, 0.2) is 0 Å². The Morgan fingerprint density at radius 1 is 1.11 bits per heavy atom. The second kappa shape index (κ2) is 5.89. The number of nitrogens with two attached hydrogens (primary N) is 1. The SMILES string of the molecule is CC1CC(C)C(CN2CCN(C)CC2C)C(N)C1. The Labute approximate surface area is 113 Å². The van der Waals surface area contributed by atoms with Gasteiger partial charge in [0.2, 0.25) is 0 Å². The van der Waals surface area contributed by atoms with E-state index in [2.05, 4.69) is 37.6 Å². The van der Waals surface area contributed by atoms with Crippen LogP contribution in [0.2, 0.25) is 0 Å². The second-order valence-corrected chi connectivity index (χ2v) is 6.99. The molecule has 1 saturated heterocycles. The standard InChI is InChI=1S/C15H31N3/c1-11-7-12(2)14(15(16)8-11)10-18-6-5-17(4)9-13(18)3/h11-15H,5-10,16H2,1-4H3. The molecule has 0 bridgehead atoms. The lowest BCUT2D eigenvalue weighted by molar-refractivity contribution is 0.0521. The van der Waals surface area contributed by atoms with Crippen molar-refractivity contribution in [1.29, 1.82) is 0 Å². The molecule has 0 spiro atoms. The van der Waals surface area contributed by atoms with E-state index in [-0.39, 0.29) is 0 Å². The van der Waals surface area contributed by atoms with Crippen LogP contribution in [0.5, 0.6) is 0 Å². The van der Waals surface area contributed by atoms with E-state index in [0.29, 0.717) is 18.0 Å². The molecular weight excluding hydrogens is 222 g/mol. The van der Waals surface area contributed by atoms with Crippen molar-refractivity contribution in [3.8, 4) is 0 Å². The molecule has 3 heteroatoms. The van der Waals surface area contributed by atoms with E-state index in [4.69, 9.17) is 5.73 Å². The first-order chi connectivity index (χ1) is 8.47. The molecule has 2 N–H and O–H groups in total. The van der Waals surface area contributed by atoms with Crippen molar-refractivity contribution < 1.29 is 0 Å². The minimum Gasteiger partial charge on any atom is -0.327 e. The van der Waals surface area contributed by atoms with Gasteiger partial charge in [-0.1, -0.05) is 13.8 Å². The summed E-state index contributed by atoms with van der Waals surface area (Å²) in [5.74, 6) is 2.30. The summed E-state index contributed by atoms with van der Waals surface area (Å²) < 4.78 is 0. The van der Waals surface area contributed by atoms with E-state index in [1.165, 1.54) is 39.0 Å². The molecule has 0 aromatic heterocycles. The van der Waals surface area contributed by atoms with Crippen LogP contribution in [-0.2, 0) is 0 Å². The minimum atomic E-state index is 0.413. The fourth-order valence-electron chi connectivity index (χ4n) is 4.00. The number of hydrogen-bond donors (Lipinski definition) is 1. The van der Waals surface area contributed by atoms with Gasteiger partial charge in [-0.25, -0.2) is 0 Å². The van der Waals surface area contributed by atoms with E-state index in [9.17, 15) is 0 Å². The van der Waals surface area contributed by atoms with E-state index in [1.54, 1.807) is 0 Å². The van der Waals surface area contributed by atoms with Gasteiger partial charge in [-0.05, 0) is 44.6 Å². The predicted molar refractivity (Wildman–Crippen MR) is 77.6 cm³/mol. The predicted octanol–water partition coefficient (Wildman–Crippen LogP) is 1.63. The van der Waals surface area contributed by atoms with Crippen molar-refractivity contribution >= 4 is 0 Å². The Bertz CT molecular complexity index is 256. The molecule has 106 valence electrons. The number of rotatable bonds is 2. The zero-order valence-corrected chi connectivity index (χ0v) is 12.6. The van der Waals surface area contributed by atoms with Crippen LogP contribution in [0.4, 0.5) is 0 Å². The smallest absolute Gasteiger partial charge is 0.0195 e. The largest absolute Gasteiger partial charge is 0.327 e. The van der Waals surface area contributed by atoms with Crippen molar-refractivity contribution in [3.05, 3.63) is 0 Å². The summed E-state index contributed by atoms with van der Waals surface area (Å²) in [4.78, 5) is 5.10. The molecule has 0 amide bonds. The van der Waals surface area contributed by atoms with Gasteiger partial charge < -0.3 is 10.6 Å². The molecule has 2 rings (SSSR count). The Kier molecular flexibility index (Phi) is 4.68. The highest BCUT2D eigenvalue weighted by atomic mass is 15.3. The van der Waals surface area contributed by atoms with Gasteiger partial charge in [-0.3, -0.25) is 4.90 Å². The summed E-state index contributed by atoms with van der Waals surface area (Å²) in [5.41, 5.74) is 6.41. The van der Waals surface area contributed by atoms with Gasteiger partial charge in [0.15, 0.2) is 0 Å².